The van der Waals surface area contributed by atoms with Crippen molar-refractivity contribution in [3.05, 3.63) is 107 Å². The number of carbonyl (C=O) groups excluding carboxylic acids is 2. The molecule has 0 aliphatic rings. The third-order valence-electron chi connectivity index (χ3n) is 5.03. The largest absolute Gasteiger partial charge is 0.434 e. The molecule has 0 unspecified atom stereocenters. The molecule has 0 atom stereocenters. The zero-order valence-electron chi connectivity index (χ0n) is 18.2. The van der Waals surface area contributed by atoms with Crippen LogP contribution in [0.4, 0.5) is 28.9 Å². The number of aryl methyl sites for hydroxylation is 1. The number of aromatic nitrogens is 2. The number of rotatable bonds is 5. The van der Waals surface area contributed by atoms with Gasteiger partial charge in [-0.15, -0.1) is 0 Å². The maximum Gasteiger partial charge on any atom is 0.434 e. The Morgan fingerprint density at radius 1 is 0.857 bits per heavy atom. The van der Waals surface area contributed by atoms with E-state index in [2.05, 4.69) is 15.7 Å². The van der Waals surface area contributed by atoms with Crippen LogP contribution in [0.5, 0.6) is 0 Å². The fourth-order valence-corrected chi connectivity index (χ4v) is 3.38. The molecule has 0 radical (unpaired) electrons. The maximum absolute atomic E-state index is 13.9. The van der Waals surface area contributed by atoms with Gasteiger partial charge in [-0.05, 0) is 55.5 Å². The quantitative estimate of drug-likeness (QED) is 0.351. The summed E-state index contributed by atoms with van der Waals surface area (Å²) in [6, 6.07) is 17.1. The number of nitrogens with zero attached hydrogens (tertiary/aromatic N) is 2. The normalized spacial score (nSPS) is 11.2. The number of hydrogen-bond donors (Lipinski definition) is 2. The summed E-state index contributed by atoms with van der Waals surface area (Å²) in [5, 5.41) is 8.68. The van der Waals surface area contributed by atoms with Crippen molar-refractivity contribution in [1.29, 1.82) is 0 Å². The van der Waals surface area contributed by atoms with Crippen molar-refractivity contribution < 1.29 is 27.2 Å². The van der Waals surface area contributed by atoms with E-state index in [9.17, 15) is 27.2 Å². The lowest BCUT2D eigenvalue weighted by atomic mass is 10.1. The topological polar surface area (TPSA) is 76.0 Å². The third kappa shape index (κ3) is 5.37. The van der Waals surface area contributed by atoms with Crippen LogP contribution in [0.25, 0.3) is 5.69 Å². The van der Waals surface area contributed by atoms with Gasteiger partial charge < -0.3 is 10.6 Å². The van der Waals surface area contributed by atoms with Crippen LogP contribution < -0.4 is 10.6 Å². The van der Waals surface area contributed by atoms with Gasteiger partial charge in [-0.3, -0.25) is 9.59 Å². The van der Waals surface area contributed by atoms with Gasteiger partial charge in [0.2, 0.25) is 0 Å². The summed E-state index contributed by atoms with van der Waals surface area (Å²) in [4.78, 5) is 25.3. The van der Waals surface area contributed by atoms with Crippen LogP contribution in [0.1, 0.15) is 32.0 Å². The summed E-state index contributed by atoms with van der Waals surface area (Å²) in [5.41, 5.74) is -0.461. The molecule has 10 heteroatoms. The number of halogens is 4. The van der Waals surface area contributed by atoms with Crippen LogP contribution in [0, 0.1) is 12.7 Å². The van der Waals surface area contributed by atoms with Gasteiger partial charge in [-0.2, -0.15) is 18.3 Å². The second-order valence-corrected chi connectivity index (χ2v) is 7.65. The number of benzene rings is 3. The molecular weight excluding hydrogens is 464 g/mol. The fraction of sp³-hybridized carbons (Fsp3) is 0.0800. The molecule has 4 aromatic rings. The molecule has 0 aliphatic carbocycles. The Balaban J connectivity index is 1.58. The van der Waals surface area contributed by atoms with Crippen LogP contribution in [-0.4, -0.2) is 21.6 Å². The zero-order valence-corrected chi connectivity index (χ0v) is 18.2. The highest BCUT2D eigenvalue weighted by atomic mass is 19.4. The highest BCUT2D eigenvalue weighted by molar-refractivity contribution is 6.07. The molecular formula is C25H18F4N4O2. The molecule has 178 valence electrons. The van der Waals surface area contributed by atoms with E-state index >= 15 is 0 Å². The SMILES string of the molecule is Cc1ccc(-n2ncc(C(=O)Nc3cccc(C(=O)Nc4cccc(F)c4)c3)c2C(F)(F)F)cc1. The van der Waals surface area contributed by atoms with Gasteiger partial charge >= 0.3 is 6.18 Å². The van der Waals surface area contributed by atoms with Crippen molar-refractivity contribution in [3.8, 4) is 5.69 Å². The van der Waals surface area contributed by atoms with Crippen molar-refractivity contribution >= 4 is 23.2 Å². The maximum atomic E-state index is 13.9. The minimum absolute atomic E-state index is 0.0955. The standard InChI is InChI=1S/C25H18F4N4O2/c1-15-8-10-20(11-9-15)33-22(25(27,28)29)21(14-30-33)24(35)32-18-6-2-4-16(12-18)23(34)31-19-7-3-5-17(26)13-19/h2-14H,1H3,(H,31,34)(H,32,35). The lowest BCUT2D eigenvalue weighted by Crippen LogP contribution is -2.21. The first kappa shape index (κ1) is 23.7. The Morgan fingerprint density at radius 2 is 1.49 bits per heavy atom. The van der Waals surface area contributed by atoms with Gasteiger partial charge in [-0.25, -0.2) is 9.07 Å². The van der Waals surface area contributed by atoms with Crippen molar-refractivity contribution in [1.82, 2.24) is 9.78 Å². The minimum Gasteiger partial charge on any atom is -0.322 e. The van der Waals surface area contributed by atoms with E-state index in [1.807, 2.05) is 0 Å². The van der Waals surface area contributed by atoms with Crippen molar-refractivity contribution in [2.24, 2.45) is 0 Å². The van der Waals surface area contributed by atoms with Crippen LogP contribution in [0.15, 0.2) is 79.0 Å². The predicted octanol–water partition coefficient (Wildman–Crippen LogP) is 5.84. The number of amides is 2. The summed E-state index contributed by atoms with van der Waals surface area (Å²) in [6.45, 7) is 1.79. The minimum atomic E-state index is -4.86. The number of carbonyl (C=O) groups is 2. The van der Waals surface area contributed by atoms with Crippen LogP contribution in [0.3, 0.4) is 0 Å². The zero-order chi connectivity index (χ0) is 25.2. The molecule has 4 rings (SSSR count). The van der Waals surface area contributed by atoms with E-state index in [1.165, 1.54) is 54.6 Å². The van der Waals surface area contributed by atoms with Crippen LogP contribution in [-0.2, 0) is 6.18 Å². The van der Waals surface area contributed by atoms with E-state index < -0.39 is 35.1 Å². The van der Waals surface area contributed by atoms with E-state index in [1.54, 1.807) is 19.1 Å². The molecule has 0 saturated heterocycles. The monoisotopic (exact) mass is 482 g/mol. The number of nitrogens with one attached hydrogen (secondary N) is 2. The summed E-state index contributed by atoms with van der Waals surface area (Å²) in [6.07, 6.45) is -4.01. The lowest BCUT2D eigenvalue weighted by molar-refractivity contribution is -0.143. The molecule has 35 heavy (non-hydrogen) atoms. The first-order valence-electron chi connectivity index (χ1n) is 10.3. The molecule has 0 bridgehead atoms. The third-order valence-corrected chi connectivity index (χ3v) is 5.03. The highest BCUT2D eigenvalue weighted by Crippen LogP contribution is 2.34. The van der Waals surface area contributed by atoms with Gasteiger partial charge in [0.25, 0.3) is 11.8 Å². The second-order valence-electron chi connectivity index (χ2n) is 7.65. The average Bonchev–Trinajstić information content (AvgIpc) is 3.26. The smallest absolute Gasteiger partial charge is 0.322 e. The van der Waals surface area contributed by atoms with Crippen molar-refractivity contribution in [2.45, 2.75) is 13.1 Å². The van der Waals surface area contributed by atoms with Gasteiger partial charge in [0.1, 0.15) is 5.82 Å². The van der Waals surface area contributed by atoms with Gasteiger partial charge in [-0.1, -0.05) is 29.8 Å². The van der Waals surface area contributed by atoms with Gasteiger partial charge in [0, 0.05) is 16.9 Å². The molecule has 1 aromatic heterocycles. The van der Waals surface area contributed by atoms with E-state index in [-0.39, 0.29) is 22.6 Å². The van der Waals surface area contributed by atoms with Crippen LogP contribution in [0.2, 0.25) is 0 Å². The van der Waals surface area contributed by atoms with Gasteiger partial charge in [0.05, 0.1) is 17.4 Å². The first-order chi connectivity index (χ1) is 16.6. The number of anilines is 2. The molecule has 0 saturated carbocycles. The Morgan fingerprint density at radius 3 is 2.14 bits per heavy atom. The summed E-state index contributed by atoms with van der Waals surface area (Å²) in [5.74, 6) is -2.16. The summed E-state index contributed by atoms with van der Waals surface area (Å²) in [7, 11) is 0. The fourth-order valence-electron chi connectivity index (χ4n) is 3.38. The Bertz CT molecular complexity index is 1400. The predicted molar refractivity (Wildman–Crippen MR) is 122 cm³/mol. The number of hydrogen-bond acceptors (Lipinski definition) is 3. The molecule has 0 fully saturated rings. The average molecular weight is 482 g/mol. The second kappa shape index (κ2) is 9.41. The summed E-state index contributed by atoms with van der Waals surface area (Å²) < 4.78 is 55.7. The molecule has 0 aliphatic heterocycles. The van der Waals surface area contributed by atoms with Crippen molar-refractivity contribution in [3.63, 3.8) is 0 Å². The lowest BCUT2D eigenvalue weighted by Gasteiger charge is -2.13. The Labute approximate surface area is 197 Å². The van der Waals surface area contributed by atoms with E-state index in [0.717, 1.165) is 17.8 Å². The molecule has 6 nitrogen and oxygen atoms in total. The number of alkyl halides is 3. The molecule has 2 N–H and O–H groups in total. The van der Waals surface area contributed by atoms with E-state index in [0.29, 0.717) is 4.68 Å². The molecule has 0 spiro atoms. The van der Waals surface area contributed by atoms with E-state index in [4.69, 9.17) is 0 Å². The molecule has 3 aromatic carbocycles. The van der Waals surface area contributed by atoms with Gasteiger partial charge in [0.15, 0.2) is 5.69 Å². The van der Waals surface area contributed by atoms with Crippen molar-refractivity contribution in [2.75, 3.05) is 10.6 Å². The van der Waals surface area contributed by atoms with Crippen LogP contribution >= 0.6 is 0 Å². The summed E-state index contributed by atoms with van der Waals surface area (Å²) >= 11 is 0. The Kier molecular flexibility index (Phi) is 6.37. The Hall–Kier alpha value is -4.47. The first-order valence-corrected chi connectivity index (χ1v) is 10.3. The molecule has 1 heterocycles. The molecule has 2 amide bonds. The highest BCUT2D eigenvalue weighted by Gasteiger charge is 2.40.